The molecule has 2 aromatic carbocycles. The van der Waals surface area contributed by atoms with Gasteiger partial charge in [0.1, 0.15) is 5.75 Å². The second-order valence-corrected chi connectivity index (χ2v) is 6.73. The number of rotatable bonds is 5. The predicted molar refractivity (Wildman–Crippen MR) is 107 cm³/mol. The Morgan fingerprint density at radius 1 is 1.19 bits per heavy atom. The summed E-state index contributed by atoms with van der Waals surface area (Å²) in [6.07, 6.45) is 5.52. The zero-order valence-corrected chi connectivity index (χ0v) is 15.8. The van der Waals surface area contributed by atoms with E-state index in [9.17, 15) is 9.59 Å². The van der Waals surface area contributed by atoms with Crippen LogP contribution in [-0.4, -0.2) is 25.6 Å². The Balaban J connectivity index is 1.74. The van der Waals surface area contributed by atoms with E-state index in [0.717, 1.165) is 16.2 Å². The standard InChI is InChI=1S/C21H19NO4S/c1-3-26-21(24)15-9-12-18-17(13-15)22-20(23)19(27-18)6-4-5-14-7-10-16(25-2)11-8-14/h4-13H,3H2,1-2H3,(H,22,23). The first-order valence-electron chi connectivity index (χ1n) is 8.43. The summed E-state index contributed by atoms with van der Waals surface area (Å²) in [5.41, 5.74) is 2.04. The van der Waals surface area contributed by atoms with Crippen LogP contribution in [0.2, 0.25) is 0 Å². The van der Waals surface area contributed by atoms with Crippen molar-refractivity contribution in [2.75, 3.05) is 19.0 Å². The van der Waals surface area contributed by atoms with E-state index in [0.29, 0.717) is 22.8 Å². The van der Waals surface area contributed by atoms with E-state index in [2.05, 4.69) is 5.32 Å². The number of allylic oxidation sites excluding steroid dienone is 2. The molecule has 27 heavy (non-hydrogen) atoms. The molecule has 0 spiro atoms. The summed E-state index contributed by atoms with van der Waals surface area (Å²) in [5, 5.41) is 2.82. The number of methoxy groups -OCH3 is 1. The Morgan fingerprint density at radius 2 is 1.96 bits per heavy atom. The van der Waals surface area contributed by atoms with Crippen molar-refractivity contribution in [2.24, 2.45) is 0 Å². The molecule has 0 aromatic heterocycles. The average molecular weight is 381 g/mol. The van der Waals surface area contributed by atoms with Crippen molar-refractivity contribution in [3.8, 4) is 5.75 Å². The van der Waals surface area contributed by atoms with Crippen LogP contribution in [0.1, 0.15) is 22.8 Å². The quantitative estimate of drug-likeness (QED) is 0.610. The van der Waals surface area contributed by atoms with E-state index in [1.165, 1.54) is 11.8 Å². The van der Waals surface area contributed by atoms with Gasteiger partial charge < -0.3 is 14.8 Å². The number of ether oxygens (including phenoxy) is 2. The van der Waals surface area contributed by atoms with Crippen molar-refractivity contribution in [1.82, 2.24) is 0 Å². The molecule has 1 aliphatic heterocycles. The molecule has 1 heterocycles. The molecule has 6 heteroatoms. The highest BCUT2D eigenvalue weighted by Gasteiger charge is 2.22. The first-order valence-corrected chi connectivity index (χ1v) is 9.25. The number of thioether (sulfide) groups is 1. The van der Waals surface area contributed by atoms with Gasteiger partial charge >= 0.3 is 5.97 Å². The van der Waals surface area contributed by atoms with Gasteiger partial charge in [0.2, 0.25) is 0 Å². The number of hydrogen-bond donors (Lipinski definition) is 1. The van der Waals surface area contributed by atoms with Gasteiger partial charge in [-0.2, -0.15) is 0 Å². The monoisotopic (exact) mass is 381 g/mol. The molecule has 0 aliphatic carbocycles. The third kappa shape index (κ3) is 4.60. The highest BCUT2D eigenvalue weighted by molar-refractivity contribution is 8.04. The lowest BCUT2D eigenvalue weighted by atomic mass is 10.2. The minimum Gasteiger partial charge on any atom is -0.497 e. The van der Waals surface area contributed by atoms with Gasteiger partial charge in [-0.1, -0.05) is 36.0 Å². The van der Waals surface area contributed by atoms with Gasteiger partial charge in [0.15, 0.2) is 0 Å². The van der Waals surface area contributed by atoms with Gasteiger partial charge in [-0.3, -0.25) is 4.79 Å². The number of fused-ring (bicyclic) bond motifs is 1. The summed E-state index contributed by atoms with van der Waals surface area (Å²) in [5.74, 6) is 0.197. The lowest BCUT2D eigenvalue weighted by Crippen LogP contribution is -2.18. The lowest BCUT2D eigenvalue weighted by molar-refractivity contribution is -0.112. The molecular weight excluding hydrogens is 362 g/mol. The fourth-order valence-corrected chi connectivity index (χ4v) is 3.36. The second-order valence-electron chi connectivity index (χ2n) is 5.65. The number of nitrogens with one attached hydrogen (secondary N) is 1. The van der Waals surface area contributed by atoms with E-state index >= 15 is 0 Å². The summed E-state index contributed by atoms with van der Waals surface area (Å²) >= 11 is 1.37. The molecule has 1 aliphatic rings. The largest absolute Gasteiger partial charge is 0.497 e. The molecule has 0 saturated heterocycles. The second kappa shape index (κ2) is 8.60. The highest BCUT2D eigenvalue weighted by Crippen LogP contribution is 2.38. The molecule has 0 bridgehead atoms. The van der Waals surface area contributed by atoms with Crippen LogP contribution in [0, 0.1) is 0 Å². The van der Waals surface area contributed by atoms with Crippen molar-refractivity contribution in [2.45, 2.75) is 11.8 Å². The van der Waals surface area contributed by atoms with E-state index < -0.39 is 5.97 Å². The Hall–Kier alpha value is -2.99. The SMILES string of the molecule is CCOC(=O)c1ccc2c(c1)NC(=O)C(=CC=Cc1ccc(OC)cc1)S2. The summed E-state index contributed by atoms with van der Waals surface area (Å²) in [4.78, 5) is 25.6. The van der Waals surface area contributed by atoms with Crippen molar-refractivity contribution in [1.29, 1.82) is 0 Å². The minimum absolute atomic E-state index is 0.201. The highest BCUT2D eigenvalue weighted by atomic mass is 32.2. The van der Waals surface area contributed by atoms with Gasteiger partial charge in [-0.15, -0.1) is 0 Å². The van der Waals surface area contributed by atoms with Crippen molar-refractivity contribution < 1.29 is 19.1 Å². The molecule has 0 radical (unpaired) electrons. The van der Waals surface area contributed by atoms with Crippen LogP contribution >= 0.6 is 11.8 Å². The molecule has 5 nitrogen and oxygen atoms in total. The summed E-state index contributed by atoms with van der Waals surface area (Å²) in [7, 11) is 1.63. The molecule has 0 atom stereocenters. The third-order valence-electron chi connectivity index (χ3n) is 3.83. The summed E-state index contributed by atoms with van der Waals surface area (Å²) in [6.45, 7) is 2.06. The number of carbonyl (C=O) groups is 2. The van der Waals surface area contributed by atoms with E-state index in [-0.39, 0.29) is 5.91 Å². The van der Waals surface area contributed by atoms with E-state index in [1.807, 2.05) is 42.5 Å². The predicted octanol–water partition coefficient (Wildman–Crippen LogP) is 4.51. The summed E-state index contributed by atoms with van der Waals surface area (Å²) in [6, 6.07) is 12.8. The van der Waals surface area contributed by atoms with Gasteiger partial charge in [-0.05, 0) is 48.9 Å². The topological polar surface area (TPSA) is 64.6 Å². The molecule has 138 valence electrons. The van der Waals surface area contributed by atoms with Crippen LogP contribution < -0.4 is 10.1 Å². The van der Waals surface area contributed by atoms with Gasteiger partial charge in [0, 0.05) is 4.90 Å². The number of benzene rings is 2. The van der Waals surface area contributed by atoms with Crippen LogP contribution in [0.5, 0.6) is 5.75 Å². The fourth-order valence-electron chi connectivity index (χ4n) is 2.48. The first kappa shape index (κ1) is 18.8. The molecule has 0 fully saturated rings. The normalized spacial score (nSPS) is 14.7. The van der Waals surface area contributed by atoms with Crippen LogP contribution in [0.25, 0.3) is 6.08 Å². The zero-order valence-electron chi connectivity index (χ0n) is 15.0. The van der Waals surface area contributed by atoms with Crippen molar-refractivity contribution in [3.05, 3.63) is 70.6 Å². The van der Waals surface area contributed by atoms with Gasteiger partial charge in [0.05, 0.1) is 29.9 Å². The molecule has 2 aromatic rings. The number of hydrogen-bond acceptors (Lipinski definition) is 5. The molecular formula is C21H19NO4S. The summed E-state index contributed by atoms with van der Waals surface area (Å²) < 4.78 is 10.1. The van der Waals surface area contributed by atoms with Gasteiger partial charge in [-0.25, -0.2) is 4.79 Å². The lowest BCUT2D eigenvalue weighted by Gasteiger charge is -2.18. The van der Waals surface area contributed by atoms with Crippen LogP contribution in [0.3, 0.4) is 0 Å². The van der Waals surface area contributed by atoms with Crippen molar-refractivity contribution in [3.63, 3.8) is 0 Å². The molecule has 3 rings (SSSR count). The Kier molecular flexibility index (Phi) is 5.98. The Bertz CT molecular complexity index is 916. The maximum Gasteiger partial charge on any atom is 0.338 e. The van der Waals surface area contributed by atoms with Crippen LogP contribution in [0.4, 0.5) is 5.69 Å². The smallest absolute Gasteiger partial charge is 0.338 e. The van der Waals surface area contributed by atoms with Crippen molar-refractivity contribution >= 4 is 35.4 Å². The van der Waals surface area contributed by atoms with Crippen LogP contribution in [0.15, 0.2) is 64.4 Å². The van der Waals surface area contributed by atoms with E-state index in [1.54, 1.807) is 32.2 Å². The third-order valence-corrected chi connectivity index (χ3v) is 4.95. The minimum atomic E-state index is -0.400. The maximum atomic E-state index is 12.3. The Labute approximate surface area is 162 Å². The fraction of sp³-hybridized carbons (Fsp3) is 0.143. The van der Waals surface area contributed by atoms with Crippen LogP contribution in [-0.2, 0) is 9.53 Å². The van der Waals surface area contributed by atoms with E-state index in [4.69, 9.17) is 9.47 Å². The Morgan fingerprint density at radius 3 is 2.67 bits per heavy atom. The van der Waals surface area contributed by atoms with Gasteiger partial charge in [0.25, 0.3) is 5.91 Å². The first-order chi connectivity index (χ1) is 13.1. The number of anilines is 1. The molecule has 0 saturated carbocycles. The molecule has 1 amide bonds. The maximum absolute atomic E-state index is 12.3. The number of esters is 1. The molecule has 0 unspecified atom stereocenters. The number of carbonyl (C=O) groups excluding carboxylic acids is 2. The zero-order chi connectivity index (χ0) is 19.2. The average Bonchev–Trinajstić information content (AvgIpc) is 2.68. The molecule has 1 N–H and O–H groups in total. The number of amides is 1.